The van der Waals surface area contributed by atoms with Crippen LogP contribution in [0.2, 0.25) is 0 Å². The molecule has 29 heavy (non-hydrogen) atoms. The number of hydrogen-bond acceptors (Lipinski definition) is 7. The van der Waals surface area contributed by atoms with E-state index in [4.69, 9.17) is 15.2 Å². The molecule has 2 aliphatic heterocycles. The molecule has 0 saturated carbocycles. The number of hydrogen-bond donors (Lipinski definition) is 2. The lowest BCUT2D eigenvalue weighted by Gasteiger charge is -2.34. The van der Waals surface area contributed by atoms with Crippen LogP contribution >= 0.6 is 11.8 Å². The third-order valence-corrected chi connectivity index (χ3v) is 5.79. The van der Waals surface area contributed by atoms with Crippen LogP contribution in [0.15, 0.2) is 47.5 Å². The van der Waals surface area contributed by atoms with Gasteiger partial charge in [0.2, 0.25) is 0 Å². The van der Waals surface area contributed by atoms with Gasteiger partial charge in [0.05, 0.1) is 17.2 Å². The fraction of sp³-hybridized carbons (Fsp3) is 0.286. The van der Waals surface area contributed by atoms with E-state index in [0.717, 1.165) is 5.56 Å². The molecule has 0 spiro atoms. The van der Waals surface area contributed by atoms with Gasteiger partial charge in [-0.15, -0.1) is 0 Å². The van der Waals surface area contributed by atoms with Crippen molar-refractivity contribution in [1.29, 1.82) is 0 Å². The Morgan fingerprint density at radius 2 is 2.03 bits per heavy atom. The second-order valence-electron chi connectivity index (χ2n) is 7.36. The maximum absolute atomic E-state index is 12.4. The SMILES string of the molecule is CC1(COc2ccc(CC3SC(N)=NC3=O)cc2)CC(=O)c2cc(O)ccc2O1. The standard InChI is InChI=1S/C21H20N2O5S/c1-21(10-16(25)15-9-13(24)4-7-17(15)28-21)11-27-14-5-2-12(3-6-14)8-18-19(26)23-20(22)29-18/h2-7,9,18,24H,8,10-11H2,1H3,(H2,22,23,26). The lowest BCUT2D eigenvalue weighted by Crippen LogP contribution is -2.44. The maximum Gasteiger partial charge on any atom is 0.261 e. The first-order chi connectivity index (χ1) is 13.8. The molecule has 8 heteroatoms. The van der Waals surface area contributed by atoms with Crippen LogP contribution in [0.25, 0.3) is 0 Å². The zero-order valence-corrected chi connectivity index (χ0v) is 16.6. The third-order valence-electron chi connectivity index (χ3n) is 4.80. The van der Waals surface area contributed by atoms with Gasteiger partial charge >= 0.3 is 0 Å². The largest absolute Gasteiger partial charge is 0.508 e. The summed E-state index contributed by atoms with van der Waals surface area (Å²) < 4.78 is 11.8. The number of phenolic OH excluding ortho intramolecular Hbond substituents is 1. The van der Waals surface area contributed by atoms with E-state index >= 15 is 0 Å². The number of Topliss-reactive ketones (excluding diaryl/α,β-unsaturated/α-hetero) is 1. The molecule has 3 N–H and O–H groups in total. The van der Waals surface area contributed by atoms with Crippen LogP contribution in [0, 0.1) is 0 Å². The predicted molar refractivity (Wildman–Crippen MR) is 110 cm³/mol. The maximum atomic E-state index is 12.4. The minimum atomic E-state index is -0.804. The summed E-state index contributed by atoms with van der Waals surface area (Å²) in [7, 11) is 0. The number of ketones is 1. The molecular formula is C21H20N2O5S. The number of phenols is 1. The highest BCUT2D eigenvalue weighted by molar-refractivity contribution is 8.15. The molecular weight excluding hydrogens is 392 g/mol. The van der Waals surface area contributed by atoms with Crippen molar-refractivity contribution in [3.8, 4) is 17.2 Å². The van der Waals surface area contributed by atoms with E-state index in [-0.39, 0.29) is 35.7 Å². The van der Waals surface area contributed by atoms with Gasteiger partial charge in [0.25, 0.3) is 5.91 Å². The Hall–Kier alpha value is -3.00. The molecule has 2 atom stereocenters. The van der Waals surface area contributed by atoms with E-state index < -0.39 is 5.60 Å². The minimum absolute atomic E-state index is 0.0348. The third kappa shape index (κ3) is 4.22. The van der Waals surface area contributed by atoms with Gasteiger partial charge < -0.3 is 20.3 Å². The monoisotopic (exact) mass is 412 g/mol. The molecule has 2 unspecified atom stereocenters. The molecule has 0 aromatic heterocycles. The number of fused-ring (bicyclic) bond motifs is 1. The zero-order chi connectivity index (χ0) is 20.6. The summed E-state index contributed by atoms with van der Waals surface area (Å²) in [4.78, 5) is 27.9. The van der Waals surface area contributed by atoms with E-state index in [2.05, 4.69) is 4.99 Å². The summed E-state index contributed by atoms with van der Waals surface area (Å²) in [5.74, 6) is 0.828. The van der Waals surface area contributed by atoms with Crippen molar-refractivity contribution < 1.29 is 24.2 Å². The molecule has 0 fully saturated rings. The van der Waals surface area contributed by atoms with Crippen molar-refractivity contribution in [3.05, 3.63) is 53.6 Å². The van der Waals surface area contributed by atoms with Gasteiger partial charge in [-0.25, -0.2) is 0 Å². The number of carbonyl (C=O) groups excluding carboxylic acids is 2. The molecule has 7 nitrogen and oxygen atoms in total. The minimum Gasteiger partial charge on any atom is -0.508 e. The summed E-state index contributed by atoms with van der Waals surface area (Å²) in [6.45, 7) is 2.02. The number of aliphatic imine (C=N–C) groups is 1. The number of rotatable bonds is 5. The molecule has 2 aromatic carbocycles. The molecule has 1 amide bonds. The van der Waals surface area contributed by atoms with Crippen molar-refractivity contribution in [3.63, 3.8) is 0 Å². The second kappa shape index (κ2) is 7.44. The summed E-state index contributed by atoms with van der Waals surface area (Å²) in [5.41, 5.74) is 6.15. The van der Waals surface area contributed by atoms with E-state index in [0.29, 0.717) is 28.7 Å². The highest BCUT2D eigenvalue weighted by Gasteiger charge is 2.37. The van der Waals surface area contributed by atoms with Gasteiger partial charge in [-0.1, -0.05) is 23.9 Å². The Balaban J connectivity index is 1.37. The molecule has 0 radical (unpaired) electrons. The van der Waals surface area contributed by atoms with Crippen LogP contribution in [0.1, 0.15) is 29.3 Å². The topological polar surface area (TPSA) is 111 Å². The van der Waals surface area contributed by atoms with E-state index in [1.807, 2.05) is 31.2 Å². The van der Waals surface area contributed by atoms with Crippen molar-refractivity contribution in [1.82, 2.24) is 0 Å². The number of carbonyl (C=O) groups is 2. The molecule has 2 aliphatic rings. The Labute approximate surface area is 171 Å². The van der Waals surface area contributed by atoms with Gasteiger partial charge in [0.15, 0.2) is 11.0 Å². The number of amides is 1. The van der Waals surface area contributed by atoms with E-state index in [9.17, 15) is 14.7 Å². The predicted octanol–water partition coefficient (Wildman–Crippen LogP) is 2.69. The van der Waals surface area contributed by atoms with Crippen LogP contribution in [0.4, 0.5) is 0 Å². The smallest absolute Gasteiger partial charge is 0.261 e. The van der Waals surface area contributed by atoms with Crippen molar-refractivity contribution in [2.24, 2.45) is 10.7 Å². The molecule has 0 aliphatic carbocycles. The lowest BCUT2D eigenvalue weighted by atomic mass is 9.92. The van der Waals surface area contributed by atoms with Crippen LogP contribution in [-0.2, 0) is 11.2 Å². The summed E-state index contributed by atoms with van der Waals surface area (Å²) >= 11 is 1.28. The van der Waals surface area contributed by atoms with Gasteiger partial charge in [-0.2, -0.15) is 4.99 Å². The average Bonchev–Trinajstić information content (AvgIpc) is 2.99. The van der Waals surface area contributed by atoms with Crippen LogP contribution < -0.4 is 15.2 Å². The highest BCUT2D eigenvalue weighted by Crippen LogP contribution is 2.35. The fourth-order valence-corrected chi connectivity index (χ4v) is 4.21. The van der Waals surface area contributed by atoms with Gasteiger partial charge in [-0.05, 0) is 49.2 Å². The van der Waals surface area contributed by atoms with Crippen molar-refractivity contribution >= 4 is 28.6 Å². The summed E-state index contributed by atoms with van der Waals surface area (Å²) in [5, 5.41) is 9.60. The Kier molecular flexibility index (Phi) is 4.96. The number of nitrogens with zero attached hydrogens (tertiary/aromatic N) is 1. The number of benzene rings is 2. The first-order valence-corrected chi connectivity index (χ1v) is 10.0. The number of thioether (sulfide) groups is 1. The lowest BCUT2D eigenvalue weighted by molar-refractivity contribution is -0.117. The second-order valence-corrected chi connectivity index (χ2v) is 8.59. The highest BCUT2D eigenvalue weighted by atomic mass is 32.2. The molecule has 0 bridgehead atoms. The van der Waals surface area contributed by atoms with E-state index in [1.165, 1.54) is 23.9 Å². The quantitative estimate of drug-likeness (QED) is 0.777. The van der Waals surface area contributed by atoms with Gasteiger partial charge in [-0.3, -0.25) is 9.59 Å². The molecule has 150 valence electrons. The van der Waals surface area contributed by atoms with Crippen LogP contribution in [-0.4, -0.2) is 39.4 Å². The van der Waals surface area contributed by atoms with Crippen molar-refractivity contribution in [2.75, 3.05) is 6.61 Å². The summed E-state index contributed by atoms with van der Waals surface area (Å²) in [6.07, 6.45) is 0.705. The Bertz CT molecular complexity index is 1000. The molecule has 0 saturated heterocycles. The number of ether oxygens (including phenoxy) is 2. The van der Waals surface area contributed by atoms with Gasteiger partial charge in [0.1, 0.15) is 29.5 Å². The Morgan fingerprint density at radius 3 is 2.72 bits per heavy atom. The normalized spacial score (nSPS) is 23.3. The molecule has 4 rings (SSSR count). The van der Waals surface area contributed by atoms with Crippen LogP contribution in [0.5, 0.6) is 17.2 Å². The number of amidine groups is 1. The number of nitrogens with two attached hydrogens (primary N) is 1. The first-order valence-electron chi connectivity index (χ1n) is 9.13. The Morgan fingerprint density at radius 1 is 1.28 bits per heavy atom. The van der Waals surface area contributed by atoms with Crippen molar-refractivity contribution in [2.45, 2.75) is 30.6 Å². The van der Waals surface area contributed by atoms with Crippen LogP contribution in [0.3, 0.4) is 0 Å². The fourth-order valence-electron chi connectivity index (χ4n) is 3.35. The zero-order valence-electron chi connectivity index (χ0n) is 15.8. The average molecular weight is 412 g/mol. The molecule has 2 aromatic rings. The first kappa shape index (κ1) is 19.3. The number of aromatic hydroxyl groups is 1. The summed E-state index contributed by atoms with van der Waals surface area (Å²) in [6, 6.07) is 11.9. The van der Waals surface area contributed by atoms with Gasteiger partial charge in [0, 0.05) is 0 Å². The van der Waals surface area contributed by atoms with E-state index in [1.54, 1.807) is 6.07 Å². The molecule has 2 heterocycles.